The third-order valence-corrected chi connectivity index (χ3v) is 2.52. The third kappa shape index (κ3) is 4.42. The van der Waals surface area contributed by atoms with Gasteiger partial charge in [-0.15, -0.1) is 0 Å². The number of esters is 1. The molecule has 2 N–H and O–H groups in total. The van der Waals surface area contributed by atoms with Gasteiger partial charge in [-0.05, 0) is 19.1 Å². The zero-order chi connectivity index (χ0) is 14.4. The van der Waals surface area contributed by atoms with Gasteiger partial charge in [0.2, 0.25) is 0 Å². The number of carbonyl (C=O) groups excluding carboxylic acids is 2. The molecule has 0 aliphatic rings. The minimum atomic E-state index is -1.30. The maximum Gasteiger partial charge on any atom is 0.326 e. The molecule has 0 aliphatic carbocycles. The lowest BCUT2D eigenvalue weighted by atomic mass is 10.1. The van der Waals surface area contributed by atoms with E-state index in [1.807, 2.05) is 6.92 Å². The normalized spacial score (nSPS) is 11.5. The van der Waals surface area contributed by atoms with E-state index in [1.165, 1.54) is 0 Å². The summed E-state index contributed by atoms with van der Waals surface area (Å²) in [6.07, 6.45) is -0.413. The highest BCUT2D eigenvalue weighted by atomic mass is 16.5. The van der Waals surface area contributed by atoms with E-state index in [0.717, 1.165) is 12.7 Å². The Morgan fingerprint density at radius 3 is 2.32 bits per heavy atom. The van der Waals surface area contributed by atoms with Gasteiger partial charge in [-0.2, -0.15) is 0 Å². The molecule has 1 unspecified atom stereocenters. The van der Waals surface area contributed by atoms with E-state index in [-0.39, 0.29) is 0 Å². The van der Waals surface area contributed by atoms with Crippen molar-refractivity contribution >= 4 is 17.8 Å². The number of amides is 1. The van der Waals surface area contributed by atoms with Gasteiger partial charge in [0, 0.05) is 5.56 Å². The van der Waals surface area contributed by atoms with Crippen LogP contribution in [0, 0.1) is 6.92 Å². The molecule has 0 heterocycles. The number of carboxylic acids is 1. The summed E-state index contributed by atoms with van der Waals surface area (Å²) in [5, 5.41) is 11.2. The average molecular weight is 265 g/mol. The number of nitrogens with one attached hydrogen (secondary N) is 1. The van der Waals surface area contributed by atoms with E-state index in [0.29, 0.717) is 5.56 Å². The van der Waals surface area contributed by atoms with E-state index in [2.05, 4.69) is 10.1 Å². The lowest BCUT2D eigenvalue weighted by Gasteiger charge is -2.13. The predicted molar refractivity (Wildman–Crippen MR) is 66.7 cm³/mol. The standard InChI is InChI=1S/C13H15NO5/c1-8-3-5-9(6-4-8)12(16)14-10(13(17)18)7-11(15)19-2/h3-6,10H,7H2,1-2H3,(H,14,16)(H,17,18). The molecular weight excluding hydrogens is 250 g/mol. The largest absolute Gasteiger partial charge is 0.480 e. The minimum absolute atomic E-state index is 0.335. The molecule has 0 saturated heterocycles. The summed E-state index contributed by atoms with van der Waals surface area (Å²) < 4.78 is 4.38. The fraction of sp³-hybridized carbons (Fsp3) is 0.308. The summed E-state index contributed by atoms with van der Waals surface area (Å²) in [5.41, 5.74) is 1.32. The van der Waals surface area contributed by atoms with E-state index < -0.39 is 30.3 Å². The van der Waals surface area contributed by atoms with Crippen LogP contribution in [0.1, 0.15) is 22.3 Å². The molecule has 1 aromatic carbocycles. The number of ether oxygens (including phenoxy) is 1. The lowest BCUT2D eigenvalue weighted by molar-refractivity contribution is -0.147. The van der Waals surface area contributed by atoms with Gasteiger partial charge in [-0.3, -0.25) is 9.59 Å². The van der Waals surface area contributed by atoms with Crippen LogP contribution < -0.4 is 5.32 Å². The van der Waals surface area contributed by atoms with Crippen LogP contribution in [-0.2, 0) is 14.3 Å². The summed E-state index contributed by atoms with van der Waals surface area (Å²) in [5.74, 6) is -2.53. The molecule has 1 atom stereocenters. The first-order valence-corrected chi connectivity index (χ1v) is 5.61. The zero-order valence-electron chi connectivity index (χ0n) is 10.7. The van der Waals surface area contributed by atoms with Crippen LogP contribution in [0.5, 0.6) is 0 Å². The van der Waals surface area contributed by atoms with Crippen LogP contribution in [-0.4, -0.2) is 36.1 Å². The molecule has 0 fully saturated rings. The molecule has 19 heavy (non-hydrogen) atoms. The highest BCUT2D eigenvalue weighted by Gasteiger charge is 2.24. The zero-order valence-corrected chi connectivity index (χ0v) is 10.7. The molecule has 0 radical (unpaired) electrons. The molecule has 0 aromatic heterocycles. The molecule has 0 saturated carbocycles. The summed E-state index contributed by atoms with van der Waals surface area (Å²) in [7, 11) is 1.16. The summed E-state index contributed by atoms with van der Waals surface area (Å²) in [4.78, 5) is 33.8. The molecule has 1 aromatic rings. The van der Waals surface area contributed by atoms with E-state index in [4.69, 9.17) is 5.11 Å². The summed E-state index contributed by atoms with van der Waals surface area (Å²) in [6, 6.07) is 5.35. The number of hydrogen-bond donors (Lipinski definition) is 2. The maximum atomic E-state index is 11.8. The SMILES string of the molecule is COC(=O)CC(NC(=O)c1ccc(C)cc1)C(=O)O. The van der Waals surface area contributed by atoms with Crippen molar-refractivity contribution in [2.45, 2.75) is 19.4 Å². The average Bonchev–Trinajstić information content (AvgIpc) is 2.38. The van der Waals surface area contributed by atoms with Crippen molar-refractivity contribution in [1.29, 1.82) is 0 Å². The summed E-state index contributed by atoms with van der Waals surface area (Å²) >= 11 is 0. The Kier molecular flexibility index (Phi) is 5.05. The van der Waals surface area contributed by atoms with Crippen molar-refractivity contribution in [1.82, 2.24) is 5.32 Å². The Hall–Kier alpha value is -2.37. The van der Waals surface area contributed by atoms with Crippen molar-refractivity contribution < 1.29 is 24.2 Å². The van der Waals surface area contributed by atoms with Gasteiger partial charge in [0.1, 0.15) is 6.04 Å². The van der Waals surface area contributed by atoms with Crippen LogP contribution in [0.2, 0.25) is 0 Å². The van der Waals surface area contributed by atoms with Gasteiger partial charge < -0.3 is 15.2 Å². The molecule has 6 nitrogen and oxygen atoms in total. The molecule has 102 valence electrons. The molecule has 0 aliphatic heterocycles. The number of benzene rings is 1. The van der Waals surface area contributed by atoms with Crippen molar-refractivity contribution in [2.75, 3.05) is 7.11 Å². The Morgan fingerprint density at radius 2 is 1.84 bits per heavy atom. The third-order valence-electron chi connectivity index (χ3n) is 2.52. The first-order valence-electron chi connectivity index (χ1n) is 5.61. The number of hydrogen-bond acceptors (Lipinski definition) is 4. The Balaban J connectivity index is 2.73. The monoisotopic (exact) mass is 265 g/mol. The number of carboxylic acid groups (broad SMARTS) is 1. The van der Waals surface area contributed by atoms with Gasteiger partial charge in [-0.1, -0.05) is 17.7 Å². The highest BCUT2D eigenvalue weighted by molar-refractivity contribution is 5.97. The van der Waals surface area contributed by atoms with Gasteiger partial charge in [0.15, 0.2) is 0 Å². The molecule has 0 spiro atoms. The first kappa shape index (κ1) is 14.7. The van der Waals surface area contributed by atoms with E-state index >= 15 is 0 Å². The number of carbonyl (C=O) groups is 3. The van der Waals surface area contributed by atoms with E-state index in [9.17, 15) is 14.4 Å². The molecule has 0 bridgehead atoms. The van der Waals surface area contributed by atoms with E-state index in [1.54, 1.807) is 24.3 Å². The molecular formula is C13H15NO5. The predicted octanol–water partition coefficient (Wildman–Crippen LogP) is 0.741. The second-order valence-electron chi connectivity index (χ2n) is 4.01. The smallest absolute Gasteiger partial charge is 0.326 e. The van der Waals surface area contributed by atoms with Crippen molar-refractivity contribution in [3.05, 3.63) is 35.4 Å². The van der Waals surface area contributed by atoms with Crippen LogP contribution in [0.25, 0.3) is 0 Å². The van der Waals surface area contributed by atoms with Crippen LogP contribution in [0.15, 0.2) is 24.3 Å². The number of aliphatic carboxylic acids is 1. The molecule has 1 rings (SSSR count). The lowest BCUT2D eigenvalue weighted by Crippen LogP contribution is -2.42. The van der Waals surface area contributed by atoms with Crippen molar-refractivity contribution in [3.8, 4) is 0 Å². The fourth-order valence-electron chi connectivity index (χ4n) is 1.40. The number of methoxy groups -OCH3 is 1. The minimum Gasteiger partial charge on any atom is -0.480 e. The van der Waals surface area contributed by atoms with Gasteiger partial charge >= 0.3 is 11.9 Å². The van der Waals surface area contributed by atoms with Crippen LogP contribution >= 0.6 is 0 Å². The molecule has 1 amide bonds. The Bertz CT molecular complexity index is 480. The quantitative estimate of drug-likeness (QED) is 0.766. The Morgan fingerprint density at radius 1 is 1.26 bits per heavy atom. The topological polar surface area (TPSA) is 92.7 Å². The van der Waals surface area contributed by atoms with Gasteiger partial charge in [0.05, 0.1) is 13.5 Å². The van der Waals surface area contributed by atoms with Gasteiger partial charge in [-0.25, -0.2) is 4.79 Å². The van der Waals surface area contributed by atoms with Crippen LogP contribution in [0.4, 0.5) is 0 Å². The van der Waals surface area contributed by atoms with Crippen LogP contribution in [0.3, 0.4) is 0 Å². The van der Waals surface area contributed by atoms with Crippen molar-refractivity contribution in [2.24, 2.45) is 0 Å². The highest BCUT2D eigenvalue weighted by Crippen LogP contribution is 2.04. The number of aryl methyl sites for hydroxylation is 1. The van der Waals surface area contributed by atoms with Crippen molar-refractivity contribution in [3.63, 3.8) is 0 Å². The molecule has 6 heteroatoms. The Labute approximate surface area is 110 Å². The van der Waals surface area contributed by atoms with Gasteiger partial charge in [0.25, 0.3) is 5.91 Å². The first-order chi connectivity index (χ1) is 8.93. The summed E-state index contributed by atoms with van der Waals surface area (Å²) in [6.45, 7) is 1.87. The second kappa shape index (κ2) is 6.53. The second-order valence-corrected chi connectivity index (χ2v) is 4.01. The maximum absolute atomic E-state index is 11.8. The number of rotatable bonds is 5. The fourth-order valence-corrected chi connectivity index (χ4v) is 1.40.